The van der Waals surface area contributed by atoms with Crippen LogP contribution in [0.1, 0.15) is 33.3 Å². The van der Waals surface area contributed by atoms with Gasteiger partial charge in [-0.3, -0.25) is 4.79 Å². The van der Waals surface area contributed by atoms with E-state index in [0.717, 1.165) is 5.69 Å². The topological polar surface area (TPSA) is 103 Å². The molecule has 2 aromatic rings. The minimum atomic E-state index is -0.810. The summed E-state index contributed by atoms with van der Waals surface area (Å²) in [7, 11) is 0. The van der Waals surface area contributed by atoms with E-state index in [9.17, 15) is 9.59 Å². The zero-order chi connectivity index (χ0) is 20.7. The molecule has 0 fully saturated rings. The first kappa shape index (κ1) is 20.8. The van der Waals surface area contributed by atoms with Crippen LogP contribution in [-0.4, -0.2) is 23.6 Å². The molecule has 0 spiro atoms. The summed E-state index contributed by atoms with van der Waals surface area (Å²) < 4.78 is 5.16. The van der Waals surface area contributed by atoms with Crippen LogP contribution >= 0.6 is 0 Å². The second-order valence-electron chi connectivity index (χ2n) is 7.22. The van der Waals surface area contributed by atoms with Gasteiger partial charge in [0.15, 0.2) is 0 Å². The van der Waals surface area contributed by atoms with Gasteiger partial charge in [-0.2, -0.15) is 5.26 Å². The number of alkyl carbamates (subject to hydrolysis) is 1. The molecule has 1 atom stereocenters. The van der Waals surface area contributed by atoms with Crippen LogP contribution in [-0.2, 0) is 9.53 Å². The molecule has 2 rings (SSSR count). The number of carbonyl (C=O) groups excluding carboxylic acids is 2. The Kier molecular flexibility index (Phi) is 6.61. The van der Waals surface area contributed by atoms with E-state index in [0.29, 0.717) is 16.9 Å². The molecule has 0 saturated heterocycles. The Labute approximate surface area is 164 Å². The lowest BCUT2D eigenvalue weighted by Gasteiger charge is -2.22. The standard InChI is InChI=1S/C21H24N4O3/c1-14(23-20(27)28-21(2,3)4)19(26)25-17-11-10-15(13-22)12-18(17)24-16-8-6-5-7-9-16/h5-12,14,24H,1-4H3,(H,23,27)(H,25,26). The second-order valence-corrected chi connectivity index (χ2v) is 7.22. The van der Waals surface area contributed by atoms with Crippen molar-refractivity contribution in [3.05, 3.63) is 54.1 Å². The van der Waals surface area contributed by atoms with Gasteiger partial charge in [0, 0.05) is 5.69 Å². The first-order valence-corrected chi connectivity index (χ1v) is 8.84. The Hall–Kier alpha value is -3.53. The van der Waals surface area contributed by atoms with Crippen LogP contribution in [0.2, 0.25) is 0 Å². The zero-order valence-corrected chi connectivity index (χ0v) is 16.4. The molecule has 7 nitrogen and oxygen atoms in total. The lowest BCUT2D eigenvalue weighted by molar-refractivity contribution is -0.117. The van der Waals surface area contributed by atoms with Gasteiger partial charge in [-0.1, -0.05) is 18.2 Å². The lowest BCUT2D eigenvalue weighted by atomic mass is 10.1. The Morgan fingerprint density at radius 2 is 1.75 bits per heavy atom. The van der Waals surface area contributed by atoms with E-state index in [1.54, 1.807) is 45.9 Å². The summed E-state index contributed by atoms with van der Waals surface area (Å²) in [5.74, 6) is -0.410. The van der Waals surface area contributed by atoms with Crippen LogP contribution in [0.25, 0.3) is 0 Å². The van der Waals surface area contributed by atoms with Gasteiger partial charge in [-0.15, -0.1) is 0 Å². The van der Waals surface area contributed by atoms with Crippen molar-refractivity contribution in [2.45, 2.75) is 39.3 Å². The number of nitrogens with one attached hydrogen (secondary N) is 3. The number of anilines is 3. The van der Waals surface area contributed by atoms with E-state index in [1.165, 1.54) is 0 Å². The summed E-state index contributed by atoms with van der Waals surface area (Å²) in [6.45, 7) is 6.80. The van der Waals surface area contributed by atoms with Crippen molar-refractivity contribution < 1.29 is 14.3 Å². The molecule has 28 heavy (non-hydrogen) atoms. The Morgan fingerprint density at radius 1 is 1.07 bits per heavy atom. The van der Waals surface area contributed by atoms with Gasteiger partial charge < -0.3 is 20.7 Å². The Morgan fingerprint density at radius 3 is 2.36 bits per heavy atom. The predicted molar refractivity (Wildman–Crippen MR) is 108 cm³/mol. The number of para-hydroxylation sites is 1. The molecule has 7 heteroatoms. The molecule has 0 heterocycles. The third-order valence-electron chi connectivity index (χ3n) is 3.59. The molecular formula is C21H24N4O3. The summed E-state index contributed by atoms with van der Waals surface area (Å²) in [5.41, 5.74) is 1.68. The number of hydrogen-bond donors (Lipinski definition) is 3. The van der Waals surface area contributed by atoms with Gasteiger partial charge in [-0.05, 0) is 58.0 Å². The highest BCUT2D eigenvalue weighted by atomic mass is 16.6. The molecule has 1 unspecified atom stereocenters. The van der Waals surface area contributed by atoms with Crippen LogP contribution in [0.5, 0.6) is 0 Å². The number of rotatable bonds is 5. The quantitative estimate of drug-likeness (QED) is 0.723. The molecule has 0 aliphatic heterocycles. The molecule has 0 aliphatic carbocycles. The maximum absolute atomic E-state index is 12.5. The van der Waals surface area contributed by atoms with Crippen molar-refractivity contribution in [1.29, 1.82) is 5.26 Å². The van der Waals surface area contributed by atoms with Crippen molar-refractivity contribution in [2.24, 2.45) is 0 Å². The van der Waals surface area contributed by atoms with Crippen molar-refractivity contribution in [1.82, 2.24) is 5.32 Å². The second kappa shape index (κ2) is 8.91. The number of nitrogens with zero attached hydrogens (tertiary/aromatic N) is 1. The molecule has 0 aromatic heterocycles. The first-order chi connectivity index (χ1) is 13.2. The minimum Gasteiger partial charge on any atom is -0.444 e. The van der Waals surface area contributed by atoms with Gasteiger partial charge in [0.2, 0.25) is 5.91 Å². The highest BCUT2D eigenvalue weighted by Crippen LogP contribution is 2.27. The molecule has 2 aromatic carbocycles. The number of amides is 2. The summed E-state index contributed by atoms with van der Waals surface area (Å²) in [6, 6.07) is 15.6. The molecule has 2 amide bonds. The fraction of sp³-hybridized carbons (Fsp3) is 0.286. The molecule has 146 valence electrons. The molecule has 0 aliphatic rings. The molecule has 3 N–H and O–H groups in total. The van der Waals surface area contributed by atoms with Crippen molar-refractivity contribution >= 4 is 29.1 Å². The van der Waals surface area contributed by atoms with Gasteiger partial charge in [-0.25, -0.2) is 4.79 Å². The third-order valence-corrected chi connectivity index (χ3v) is 3.59. The smallest absolute Gasteiger partial charge is 0.408 e. The SMILES string of the molecule is CC(NC(=O)OC(C)(C)C)C(=O)Nc1ccc(C#N)cc1Nc1ccccc1. The van der Waals surface area contributed by atoms with E-state index < -0.39 is 23.6 Å². The van der Waals surface area contributed by atoms with Crippen molar-refractivity contribution in [3.8, 4) is 6.07 Å². The van der Waals surface area contributed by atoms with Crippen LogP contribution in [0.3, 0.4) is 0 Å². The van der Waals surface area contributed by atoms with Crippen LogP contribution in [0, 0.1) is 11.3 Å². The number of carbonyl (C=O) groups is 2. The van der Waals surface area contributed by atoms with Gasteiger partial charge in [0.1, 0.15) is 11.6 Å². The summed E-state index contributed by atoms with van der Waals surface area (Å²) in [4.78, 5) is 24.4. The van der Waals surface area contributed by atoms with E-state index in [1.807, 2.05) is 30.3 Å². The van der Waals surface area contributed by atoms with Crippen LogP contribution < -0.4 is 16.0 Å². The summed E-state index contributed by atoms with van der Waals surface area (Å²) in [6.07, 6.45) is -0.669. The Balaban J connectivity index is 2.12. The fourth-order valence-electron chi connectivity index (χ4n) is 2.29. The first-order valence-electron chi connectivity index (χ1n) is 8.84. The number of hydrogen-bond acceptors (Lipinski definition) is 5. The highest BCUT2D eigenvalue weighted by molar-refractivity contribution is 5.99. The largest absolute Gasteiger partial charge is 0.444 e. The van der Waals surface area contributed by atoms with E-state index in [4.69, 9.17) is 10.00 Å². The summed E-state index contributed by atoms with van der Waals surface area (Å²) >= 11 is 0. The Bertz CT molecular complexity index is 883. The van der Waals surface area contributed by atoms with E-state index >= 15 is 0 Å². The maximum atomic E-state index is 12.5. The van der Waals surface area contributed by atoms with Gasteiger partial charge >= 0.3 is 6.09 Å². The van der Waals surface area contributed by atoms with Crippen molar-refractivity contribution in [2.75, 3.05) is 10.6 Å². The maximum Gasteiger partial charge on any atom is 0.408 e. The highest BCUT2D eigenvalue weighted by Gasteiger charge is 2.21. The van der Waals surface area contributed by atoms with E-state index in [2.05, 4.69) is 22.0 Å². The normalized spacial score (nSPS) is 11.7. The van der Waals surface area contributed by atoms with E-state index in [-0.39, 0.29) is 0 Å². The fourth-order valence-corrected chi connectivity index (χ4v) is 2.29. The van der Waals surface area contributed by atoms with Crippen LogP contribution in [0.15, 0.2) is 48.5 Å². The molecule has 0 bridgehead atoms. The summed E-state index contributed by atoms with van der Waals surface area (Å²) in [5, 5.41) is 17.6. The number of nitriles is 1. The minimum absolute atomic E-state index is 0.410. The molecule has 0 saturated carbocycles. The lowest BCUT2D eigenvalue weighted by Crippen LogP contribution is -2.44. The van der Waals surface area contributed by atoms with Gasteiger partial charge in [0.25, 0.3) is 0 Å². The zero-order valence-electron chi connectivity index (χ0n) is 16.4. The third kappa shape index (κ3) is 6.32. The van der Waals surface area contributed by atoms with Crippen LogP contribution in [0.4, 0.5) is 21.9 Å². The average Bonchev–Trinajstić information content (AvgIpc) is 2.62. The van der Waals surface area contributed by atoms with Crippen molar-refractivity contribution in [3.63, 3.8) is 0 Å². The molecule has 0 radical (unpaired) electrons. The predicted octanol–water partition coefficient (Wildman–Crippen LogP) is 4.15. The number of benzene rings is 2. The number of ether oxygens (including phenoxy) is 1. The average molecular weight is 380 g/mol. The van der Waals surface area contributed by atoms with Gasteiger partial charge in [0.05, 0.1) is 23.0 Å². The molecular weight excluding hydrogens is 356 g/mol. The monoisotopic (exact) mass is 380 g/mol.